The predicted octanol–water partition coefficient (Wildman–Crippen LogP) is 1.11. The van der Waals surface area contributed by atoms with E-state index >= 15 is 0 Å². The van der Waals surface area contributed by atoms with Gasteiger partial charge in [0, 0.05) is 10.5 Å². The van der Waals surface area contributed by atoms with Gasteiger partial charge in [-0.05, 0) is 31.2 Å². The van der Waals surface area contributed by atoms with Gasteiger partial charge in [0.25, 0.3) is 0 Å². The molecule has 0 aliphatic heterocycles. The minimum Gasteiger partial charge on any atom is -0.395 e. The Morgan fingerprint density at radius 2 is 1.93 bits per heavy atom. The fourth-order valence-electron chi connectivity index (χ4n) is 0.984. The van der Waals surface area contributed by atoms with E-state index in [0.29, 0.717) is 0 Å². The Morgan fingerprint density at radius 1 is 1.40 bits per heavy atom. The van der Waals surface area contributed by atoms with Gasteiger partial charge in [-0.3, -0.25) is 0 Å². The molecule has 0 radical (unpaired) electrons. The maximum atomic E-state index is 11.7. The average molecular weight is 294 g/mol. The van der Waals surface area contributed by atoms with Gasteiger partial charge in [-0.25, -0.2) is 13.1 Å². The molecule has 2 N–H and O–H groups in total. The summed E-state index contributed by atoms with van der Waals surface area (Å²) in [5.74, 6) is 0. The third kappa shape index (κ3) is 3.57. The van der Waals surface area contributed by atoms with Gasteiger partial charge in [-0.15, -0.1) is 0 Å². The number of nitrogens with one attached hydrogen (secondary N) is 1. The van der Waals surface area contributed by atoms with Crippen LogP contribution in [-0.4, -0.2) is 26.2 Å². The van der Waals surface area contributed by atoms with E-state index in [4.69, 9.17) is 5.11 Å². The molecule has 0 saturated carbocycles. The van der Waals surface area contributed by atoms with Crippen molar-refractivity contribution in [1.29, 1.82) is 0 Å². The van der Waals surface area contributed by atoms with Gasteiger partial charge >= 0.3 is 0 Å². The lowest BCUT2D eigenvalue weighted by Crippen LogP contribution is -2.34. The van der Waals surface area contributed by atoms with Crippen LogP contribution >= 0.6 is 15.9 Å². The molecule has 0 spiro atoms. The number of hydrogen-bond acceptors (Lipinski definition) is 3. The highest BCUT2D eigenvalue weighted by Crippen LogP contribution is 2.14. The summed E-state index contributed by atoms with van der Waals surface area (Å²) < 4.78 is 26.5. The van der Waals surface area contributed by atoms with E-state index in [0.717, 1.165) is 4.47 Å². The van der Waals surface area contributed by atoms with Crippen LogP contribution in [0, 0.1) is 0 Å². The molecule has 0 aromatic heterocycles. The number of hydrogen-bond donors (Lipinski definition) is 2. The van der Waals surface area contributed by atoms with Crippen LogP contribution < -0.4 is 4.72 Å². The van der Waals surface area contributed by atoms with Gasteiger partial charge in [0.2, 0.25) is 10.0 Å². The second-order valence-corrected chi connectivity index (χ2v) is 5.79. The maximum Gasteiger partial charge on any atom is 0.240 e. The third-order valence-corrected chi connectivity index (χ3v) is 3.89. The molecule has 0 aliphatic rings. The fraction of sp³-hybridized carbons (Fsp3) is 0.333. The second kappa shape index (κ2) is 5.07. The minimum atomic E-state index is -3.52. The number of aliphatic hydroxyl groups excluding tert-OH is 1. The first-order chi connectivity index (χ1) is 6.95. The Bertz CT molecular complexity index is 415. The molecular formula is C9H12BrNO3S. The van der Waals surface area contributed by atoms with Crippen molar-refractivity contribution < 1.29 is 13.5 Å². The quantitative estimate of drug-likeness (QED) is 0.874. The summed E-state index contributed by atoms with van der Waals surface area (Å²) in [6.45, 7) is 1.37. The summed E-state index contributed by atoms with van der Waals surface area (Å²) >= 11 is 3.22. The predicted molar refractivity (Wildman–Crippen MR) is 61.0 cm³/mol. The van der Waals surface area contributed by atoms with Gasteiger partial charge in [-0.1, -0.05) is 15.9 Å². The molecule has 1 rings (SSSR count). The van der Waals surface area contributed by atoms with Crippen molar-refractivity contribution in [1.82, 2.24) is 4.72 Å². The van der Waals surface area contributed by atoms with Gasteiger partial charge in [0.15, 0.2) is 0 Å². The molecule has 1 atom stereocenters. The van der Waals surface area contributed by atoms with E-state index in [2.05, 4.69) is 20.7 Å². The monoisotopic (exact) mass is 293 g/mol. The molecule has 1 aromatic rings. The summed E-state index contributed by atoms with van der Waals surface area (Å²) in [6.07, 6.45) is 0. The van der Waals surface area contributed by atoms with E-state index < -0.39 is 16.1 Å². The van der Waals surface area contributed by atoms with Crippen LogP contribution in [0.3, 0.4) is 0 Å². The minimum absolute atomic E-state index is 0.186. The molecule has 0 unspecified atom stereocenters. The Kier molecular flexibility index (Phi) is 4.27. The molecular weight excluding hydrogens is 282 g/mol. The number of sulfonamides is 1. The number of halogens is 1. The average Bonchev–Trinajstić information content (AvgIpc) is 2.17. The standard InChI is InChI=1S/C9H12BrNO3S/c1-7(6-12)11-15(13,14)9-4-2-8(10)3-5-9/h2-5,7,11-12H,6H2,1H3/t7-/m0/s1. The van der Waals surface area contributed by atoms with E-state index in [1.54, 1.807) is 19.1 Å². The number of rotatable bonds is 4. The third-order valence-electron chi connectivity index (χ3n) is 1.75. The molecule has 0 heterocycles. The smallest absolute Gasteiger partial charge is 0.240 e. The zero-order chi connectivity index (χ0) is 11.5. The molecule has 0 amide bonds. The van der Waals surface area contributed by atoms with Crippen molar-refractivity contribution in [3.63, 3.8) is 0 Å². The lowest BCUT2D eigenvalue weighted by molar-refractivity contribution is 0.265. The van der Waals surface area contributed by atoms with Crippen LogP contribution in [0.1, 0.15) is 6.92 Å². The summed E-state index contributed by atoms with van der Waals surface area (Å²) in [6, 6.07) is 5.81. The largest absolute Gasteiger partial charge is 0.395 e. The SMILES string of the molecule is C[C@@H](CO)NS(=O)(=O)c1ccc(Br)cc1. The summed E-state index contributed by atoms with van der Waals surface area (Å²) in [7, 11) is -3.52. The Balaban J connectivity index is 2.91. The number of aliphatic hydroxyl groups is 1. The first-order valence-corrected chi connectivity index (χ1v) is 6.62. The topological polar surface area (TPSA) is 66.4 Å². The van der Waals surface area contributed by atoms with Crippen LogP contribution in [0.5, 0.6) is 0 Å². The molecule has 0 bridgehead atoms. The van der Waals surface area contributed by atoms with Gasteiger partial charge in [-0.2, -0.15) is 0 Å². The van der Waals surface area contributed by atoms with Crippen molar-refractivity contribution in [3.05, 3.63) is 28.7 Å². The van der Waals surface area contributed by atoms with Gasteiger partial charge in [0.05, 0.1) is 11.5 Å². The summed E-state index contributed by atoms with van der Waals surface area (Å²) in [5, 5.41) is 8.75. The van der Waals surface area contributed by atoms with E-state index in [9.17, 15) is 8.42 Å². The number of benzene rings is 1. The zero-order valence-corrected chi connectivity index (χ0v) is 10.5. The normalized spacial score (nSPS) is 13.8. The molecule has 1 aromatic carbocycles. The van der Waals surface area contributed by atoms with Crippen molar-refractivity contribution in [3.8, 4) is 0 Å². The van der Waals surface area contributed by atoms with Crippen LogP contribution in [0.15, 0.2) is 33.6 Å². The highest BCUT2D eigenvalue weighted by molar-refractivity contribution is 9.10. The zero-order valence-electron chi connectivity index (χ0n) is 8.14. The fourth-order valence-corrected chi connectivity index (χ4v) is 2.48. The highest BCUT2D eigenvalue weighted by atomic mass is 79.9. The lowest BCUT2D eigenvalue weighted by atomic mass is 10.4. The first-order valence-electron chi connectivity index (χ1n) is 4.34. The molecule has 0 aliphatic carbocycles. The molecule has 4 nitrogen and oxygen atoms in total. The van der Waals surface area contributed by atoms with E-state index in [1.807, 2.05) is 0 Å². The van der Waals surface area contributed by atoms with Crippen molar-refractivity contribution in [2.45, 2.75) is 17.9 Å². The van der Waals surface area contributed by atoms with E-state index in [-0.39, 0.29) is 11.5 Å². The molecule has 84 valence electrons. The molecule has 15 heavy (non-hydrogen) atoms. The molecule has 0 saturated heterocycles. The first kappa shape index (κ1) is 12.6. The van der Waals surface area contributed by atoms with Gasteiger partial charge in [0.1, 0.15) is 0 Å². The Hall–Kier alpha value is -0.430. The second-order valence-electron chi connectivity index (χ2n) is 3.16. The summed E-state index contributed by atoms with van der Waals surface area (Å²) in [5.41, 5.74) is 0. The van der Waals surface area contributed by atoms with E-state index in [1.165, 1.54) is 12.1 Å². The van der Waals surface area contributed by atoms with Crippen LogP contribution in [0.2, 0.25) is 0 Å². The van der Waals surface area contributed by atoms with Crippen molar-refractivity contribution in [2.75, 3.05) is 6.61 Å². The molecule has 6 heteroatoms. The lowest BCUT2D eigenvalue weighted by Gasteiger charge is -2.11. The van der Waals surface area contributed by atoms with Crippen LogP contribution in [-0.2, 0) is 10.0 Å². The summed E-state index contributed by atoms with van der Waals surface area (Å²) in [4.78, 5) is 0.186. The highest BCUT2D eigenvalue weighted by Gasteiger charge is 2.16. The Labute approximate surface area is 97.5 Å². The van der Waals surface area contributed by atoms with Gasteiger partial charge < -0.3 is 5.11 Å². The molecule has 0 fully saturated rings. The van der Waals surface area contributed by atoms with Crippen molar-refractivity contribution >= 4 is 26.0 Å². The van der Waals surface area contributed by atoms with Crippen LogP contribution in [0.4, 0.5) is 0 Å². The van der Waals surface area contributed by atoms with Crippen molar-refractivity contribution in [2.24, 2.45) is 0 Å². The Morgan fingerprint density at radius 3 is 2.40 bits per heavy atom. The van der Waals surface area contributed by atoms with Crippen LogP contribution in [0.25, 0.3) is 0 Å². The maximum absolute atomic E-state index is 11.7.